The van der Waals surface area contributed by atoms with Crippen LogP contribution in [0.2, 0.25) is 0 Å². The molecule has 6 heterocycles. The van der Waals surface area contributed by atoms with Crippen LogP contribution >= 0.6 is 0 Å². The number of fused-ring (bicyclic) bond motifs is 6. The molecule has 9 heteroatoms. The molecule has 10 rings (SSSR count). The number of pyridine rings is 2. The Morgan fingerprint density at radius 2 is 0.941 bits per heavy atom. The molecular weight excluding hydrogens is 633 g/mol. The van der Waals surface area contributed by atoms with E-state index in [-0.39, 0.29) is 0 Å². The third-order valence-corrected chi connectivity index (χ3v) is 9.77. The zero-order valence-corrected chi connectivity index (χ0v) is 28.3. The fraction of sp³-hybridized carbons (Fsp3) is 0.0952. The Hall–Kier alpha value is -6.74. The van der Waals surface area contributed by atoms with E-state index in [9.17, 15) is 0 Å². The molecule has 2 aliphatic heterocycles. The average molecular weight is 667 g/mol. The van der Waals surface area contributed by atoms with Crippen molar-refractivity contribution in [1.29, 1.82) is 0 Å². The molecule has 0 amide bonds. The minimum absolute atomic E-state index is 0.699. The summed E-state index contributed by atoms with van der Waals surface area (Å²) in [7, 11) is 4.20. The number of nitrogens with zero attached hydrogens (tertiary/aromatic N) is 8. The second kappa shape index (κ2) is 11.4. The quantitative estimate of drug-likeness (QED) is 0.176. The van der Waals surface area contributed by atoms with Crippen LogP contribution in [0.5, 0.6) is 11.5 Å². The van der Waals surface area contributed by atoms with Gasteiger partial charge in [0.25, 0.3) is 0 Å². The molecule has 0 fully saturated rings. The summed E-state index contributed by atoms with van der Waals surface area (Å²) < 4.78 is 11.1. The van der Waals surface area contributed by atoms with Gasteiger partial charge in [-0.1, -0.05) is 48.5 Å². The van der Waals surface area contributed by atoms with Crippen molar-refractivity contribution in [1.82, 2.24) is 28.9 Å². The first-order chi connectivity index (χ1) is 25.1. The molecule has 0 saturated carbocycles. The minimum atomic E-state index is 0.699. The third kappa shape index (κ3) is 4.69. The Morgan fingerprint density at radius 1 is 0.490 bits per heavy atom. The second-order valence-corrected chi connectivity index (χ2v) is 13.2. The molecule has 4 aromatic carbocycles. The van der Waals surface area contributed by atoms with E-state index in [1.807, 2.05) is 36.7 Å². The number of aromatic nitrogens is 4. The Labute approximate surface area is 294 Å². The van der Waals surface area contributed by atoms with Crippen molar-refractivity contribution in [3.8, 4) is 11.5 Å². The summed E-state index contributed by atoms with van der Waals surface area (Å²) in [4.78, 5) is 18.6. The van der Waals surface area contributed by atoms with Crippen LogP contribution in [0.3, 0.4) is 0 Å². The first-order valence-electron chi connectivity index (χ1n) is 17.1. The van der Waals surface area contributed by atoms with Crippen molar-refractivity contribution in [3.05, 3.63) is 146 Å². The first kappa shape index (κ1) is 29.2. The molecule has 0 bridgehead atoms. The summed E-state index contributed by atoms with van der Waals surface area (Å²) >= 11 is 0. The number of hydrogen-bond acceptors (Lipinski definition) is 7. The zero-order valence-electron chi connectivity index (χ0n) is 28.3. The highest BCUT2D eigenvalue weighted by molar-refractivity contribution is 6.10. The zero-order chi connectivity index (χ0) is 34.1. The van der Waals surface area contributed by atoms with Crippen LogP contribution < -0.4 is 14.5 Å². The SMILES string of the molecule is CN1C=C(n2c3ccccc3c3cccnc32)N(c2cccc(Oc3cccc(N4CN(C)C=C4n4c5ccccc5c5cccnc54)c3)c2)C1. The van der Waals surface area contributed by atoms with Gasteiger partial charge in [0.05, 0.1) is 24.4 Å². The van der Waals surface area contributed by atoms with Crippen LogP contribution in [0.15, 0.2) is 146 Å². The number of hydrogen-bond donors (Lipinski definition) is 0. The monoisotopic (exact) mass is 666 g/mol. The van der Waals surface area contributed by atoms with Crippen molar-refractivity contribution in [2.45, 2.75) is 0 Å². The van der Waals surface area contributed by atoms with Crippen LogP contribution in [0.1, 0.15) is 0 Å². The summed E-state index contributed by atoms with van der Waals surface area (Å²) in [5, 5.41) is 4.64. The molecule has 0 atom stereocenters. The molecule has 4 aromatic heterocycles. The number of para-hydroxylation sites is 2. The fourth-order valence-corrected chi connectivity index (χ4v) is 7.61. The van der Waals surface area contributed by atoms with E-state index < -0.39 is 0 Å². The molecule has 8 aromatic rings. The molecule has 0 spiro atoms. The van der Waals surface area contributed by atoms with Crippen LogP contribution in [0, 0.1) is 0 Å². The molecule has 0 N–H and O–H groups in total. The maximum atomic E-state index is 6.61. The minimum Gasteiger partial charge on any atom is -0.457 e. The molecule has 2 aliphatic rings. The molecular formula is C42H34N8O. The molecule has 0 saturated heterocycles. The lowest BCUT2D eigenvalue weighted by atomic mass is 10.2. The van der Waals surface area contributed by atoms with Gasteiger partial charge in [-0.25, -0.2) is 9.97 Å². The summed E-state index contributed by atoms with van der Waals surface area (Å²) in [6.07, 6.45) is 8.09. The van der Waals surface area contributed by atoms with E-state index in [1.165, 1.54) is 10.8 Å². The smallest absolute Gasteiger partial charge is 0.146 e. The van der Waals surface area contributed by atoms with E-state index in [0.29, 0.717) is 13.3 Å². The third-order valence-electron chi connectivity index (χ3n) is 9.77. The van der Waals surface area contributed by atoms with Crippen molar-refractivity contribution < 1.29 is 4.74 Å². The maximum Gasteiger partial charge on any atom is 0.146 e. The lowest BCUT2D eigenvalue weighted by Gasteiger charge is -2.25. The number of benzene rings is 4. The second-order valence-electron chi connectivity index (χ2n) is 13.2. The predicted octanol–water partition coefficient (Wildman–Crippen LogP) is 8.82. The predicted molar refractivity (Wildman–Crippen MR) is 206 cm³/mol. The molecule has 9 nitrogen and oxygen atoms in total. The Morgan fingerprint density at radius 3 is 1.43 bits per heavy atom. The van der Waals surface area contributed by atoms with Crippen molar-refractivity contribution >= 4 is 66.9 Å². The van der Waals surface area contributed by atoms with Gasteiger partial charge >= 0.3 is 0 Å². The topological polar surface area (TPSA) is 57.8 Å². The van der Waals surface area contributed by atoms with Gasteiger partial charge in [0.1, 0.15) is 34.4 Å². The average Bonchev–Trinajstić information content (AvgIpc) is 3.92. The van der Waals surface area contributed by atoms with Crippen molar-refractivity contribution in [2.24, 2.45) is 0 Å². The Kier molecular flexibility index (Phi) is 6.54. The highest BCUT2D eigenvalue weighted by Crippen LogP contribution is 2.39. The van der Waals surface area contributed by atoms with E-state index >= 15 is 0 Å². The van der Waals surface area contributed by atoms with Crippen LogP contribution in [0.4, 0.5) is 11.4 Å². The Balaban J connectivity index is 0.981. The van der Waals surface area contributed by atoms with E-state index in [0.717, 1.165) is 67.6 Å². The summed E-state index contributed by atoms with van der Waals surface area (Å²) in [5.41, 5.74) is 6.19. The number of rotatable bonds is 6. The standard InChI is InChI=1S/C42H34N8O/c1-45-25-39(49-37-19-5-3-15-33(37)35-17-9-21-43-41(35)49)47(27-45)29-11-7-13-31(23-29)51-32-14-8-12-30(24-32)48-28-46(2)26-40(48)50-38-20-6-4-16-34(38)36-18-10-22-44-42(36)50/h3-26H,27-28H2,1-2H3. The Bertz CT molecular complexity index is 2410. The van der Waals surface area contributed by atoms with E-state index in [2.05, 4.69) is 152 Å². The lowest BCUT2D eigenvalue weighted by molar-refractivity contribution is 0.479. The normalized spacial score (nSPS) is 14.8. The molecule has 0 aliphatic carbocycles. The molecule has 0 radical (unpaired) electrons. The van der Waals surface area contributed by atoms with Gasteiger partial charge in [0, 0.05) is 83.9 Å². The van der Waals surface area contributed by atoms with E-state index in [1.54, 1.807) is 0 Å². The molecule has 51 heavy (non-hydrogen) atoms. The summed E-state index contributed by atoms with van der Waals surface area (Å²) in [6, 6.07) is 41.9. The van der Waals surface area contributed by atoms with Gasteiger partial charge in [-0.05, 0) is 60.7 Å². The van der Waals surface area contributed by atoms with Gasteiger partial charge in [0.2, 0.25) is 0 Å². The highest BCUT2D eigenvalue weighted by Gasteiger charge is 2.27. The maximum absolute atomic E-state index is 6.61. The van der Waals surface area contributed by atoms with E-state index in [4.69, 9.17) is 14.7 Å². The van der Waals surface area contributed by atoms with Crippen LogP contribution in [0.25, 0.3) is 55.5 Å². The highest BCUT2D eigenvalue weighted by atomic mass is 16.5. The first-order valence-corrected chi connectivity index (χ1v) is 17.1. The van der Waals surface area contributed by atoms with Gasteiger partial charge in [-0.2, -0.15) is 0 Å². The lowest BCUT2D eigenvalue weighted by Crippen LogP contribution is -2.26. The van der Waals surface area contributed by atoms with Gasteiger partial charge in [-0.15, -0.1) is 0 Å². The van der Waals surface area contributed by atoms with Gasteiger partial charge in [-0.3, -0.25) is 9.13 Å². The van der Waals surface area contributed by atoms with Gasteiger partial charge in [0.15, 0.2) is 0 Å². The van der Waals surface area contributed by atoms with Gasteiger partial charge < -0.3 is 24.3 Å². The van der Waals surface area contributed by atoms with Crippen molar-refractivity contribution in [2.75, 3.05) is 37.2 Å². The summed E-state index contributed by atoms with van der Waals surface area (Å²) in [5.74, 6) is 3.61. The summed E-state index contributed by atoms with van der Waals surface area (Å²) in [6.45, 7) is 1.40. The van der Waals surface area contributed by atoms with Crippen molar-refractivity contribution in [3.63, 3.8) is 0 Å². The largest absolute Gasteiger partial charge is 0.457 e. The van der Waals surface area contributed by atoms with Crippen LogP contribution in [-0.4, -0.2) is 56.3 Å². The number of anilines is 2. The van der Waals surface area contributed by atoms with Crippen LogP contribution in [-0.2, 0) is 0 Å². The number of ether oxygens (including phenoxy) is 1. The molecule has 248 valence electrons. The molecule has 0 unspecified atom stereocenters. The fourth-order valence-electron chi connectivity index (χ4n) is 7.61.